The molecular weight excluding hydrogens is 204 g/mol. The number of carbonyl (C=O) groups excluding carboxylic acids is 1. The Labute approximate surface area is 95.5 Å². The number of aromatic hydroxyl groups is 1. The second kappa shape index (κ2) is 5.39. The first-order chi connectivity index (χ1) is 7.60. The monoisotopic (exact) mass is 222 g/mol. The van der Waals surface area contributed by atoms with Gasteiger partial charge in [0.1, 0.15) is 0 Å². The smallest absolute Gasteiger partial charge is 0.255 e. The van der Waals surface area contributed by atoms with Gasteiger partial charge in [0.25, 0.3) is 5.91 Å². The summed E-state index contributed by atoms with van der Waals surface area (Å²) in [5, 5.41) is 12.5. The molecule has 0 saturated heterocycles. The summed E-state index contributed by atoms with van der Waals surface area (Å²) in [6, 6.07) is 4.90. The van der Waals surface area contributed by atoms with Crippen LogP contribution < -0.4 is 11.1 Å². The van der Waals surface area contributed by atoms with Crippen LogP contribution >= 0.6 is 0 Å². The molecule has 4 N–H and O–H groups in total. The molecule has 4 heteroatoms. The fourth-order valence-corrected chi connectivity index (χ4v) is 1.50. The minimum absolute atomic E-state index is 0.133. The normalized spacial score (nSPS) is 10.4. The molecule has 0 fully saturated rings. The van der Waals surface area contributed by atoms with E-state index in [0.29, 0.717) is 0 Å². The fraction of sp³-hybridized carbons (Fsp3) is 0.417. The summed E-state index contributed by atoms with van der Waals surface area (Å²) in [5.74, 6) is -0.426. The quantitative estimate of drug-likeness (QED) is 0.538. The lowest BCUT2D eigenvalue weighted by molar-refractivity contribution is 0.0932. The molecule has 0 aliphatic carbocycles. The minimum atomic E-state index is -0.279. The van der Waals surface area contributed by atoms with Gasteiger partial charge in [0.2, 0.25) is 0 Å². The maximum atomic E-state index is 11.8. The number of nitrogens with one attached hydrogen (secondary N) is 1. The Balaban J connectivity index is 2.84. The van der Waals surface area contributed by atoms with E-state index >= 15 is 0 Å². The van der Waals surface area contributed by atoms with Gasteiger partial charge in [-0.05, 0) is 25.0 Å². The zero-order valence-electron chi connectivity index (χ0n) is 9.66. The van der Waals surface area contributed by atoms with Crippen molar-refractivity contribution in [2.24, 2.45) is 0 Å². The number of carbonyl (C=O) groups is 1. The van der Waals surface area contributed by atoms with Gasteiger partial charge in [0, 0.05) is 6.04 Å². The van der Waals surface area contributed by atoms with Crippen LogP contribution in [0.25, 0.3) is 0 Å². The Kier molecular flexibility index (Phi) is 4.17. The van der Waals surface area contributed by atoms with E-state index in [-0.39, 0.29) is 28.9 Å². The average Bonchev–Trinajstić information content (AvgIpc) is 2.29. The molecule has 1 amide bonds. The predicted octanol–water partition coefficient (Wildman–Crippen LogP) is 1.89. The van der Waals surface area contributed by atoms with Gasteiger partial charge in [-0.15, -0.1) is 0 Å². The van der Waals surface area contributed by atoms with Crippen molar-refractivity contribution in [2.75, 3.05) is 5.73 Å². The van der Waals surface area contributed by atoms with Crippen molar-refractivity contribution < 1.29 is 9.90 Å². The Morgan fingerprint density at radius 3 is 2.62 bits per heavy atom. The van der Waals surface area contributed by atoms with Crippen molar-refractivity contribution in [3.8, 4) is 5.75 Å². The number of benzene rings is 1. The van der Waals surface area contributed by atoms with Crippen molar-refractivity contribution in [1.29, 1.82) is 0 Å². The van der Waals surface area contributed by atoms with Gasteiger partial charge in [0.05, 0.1) is 11.3 Å². The van der Waals surface area contributed by atoms with Crippen molar-refractivity contribution in [3.05, 3.63) is 23.8 Å². The van der Waals surface area contributed by atoms with Crippen molar-refractivity contribution in [3.63, 3.8) is 0 Å². The van der Waals surface area contributed by atoms with E-state index in [2.05, 4.69) is 5.32 Å². The van der Waals surface area contributed by atoms with Crippen LogP contribution in [0.3, 0.4) is 0 Å². The fourth-order valence-electron chi connectivity index (χ4n) is 1.50. The van der Waals surface area contributed by atoms with Gasteiger partial charge in [-0.25, -0.2) is 0 Å². The zero-order valence-corrected chi connectivity index (χ0v) is 9.66. The van der Waals surface area contributed by atoms with E-state index < -0.39 is 0 Å². The number of phenolic OH excluding ortho intramolecular Hbond substituents is 1. The van der Waals surface area contributed by atoms with E-state index in [0.717, 1.165) is 12.8 Å². The second-order valence-electron chi connectivity index (χ2n) is 3.73. The van der Waals surface area contributed by atoms with E-state index in [4.69, 9.17) is 5.73 Å². The molecule has 0 bridgehead atoms. The summed E-state index contributed by atoms with van der Waals surface area (Å²) < 4.78 is 0. The first-order valence-corrected chi connectivity index (χ1v) is 5.48. The molecule has 1 rings (SSSR count). The van der Waals surface area contributed by atoms with Crippen LogP contribution in [0.5, 0.6) is 5.75 Å². The number of hydrogen-bond acceptors (Lipinski definition) is 3. The summed E-state index contributed by atoms with van der Waals surface area (Å²) in [5.41, 5.74) is 5.97. The van der Waals surface area contributed by atoms with E-state index in [1.54, 1.807) is 18.2 Å². The molecular formula is C12H18N2O2. The molecule has 0 unspecified atom stereocenters. The van der Waals surface area contributed by atoms with Crippen LogP contribution in [0, 0.1) is 0 Å². The van der Waals surface area contributed by atoms with Gasteiger partial charge in [-0.2, -0.15) is 0 Å². The Bertz CT molecular complexity index is 373. The highest BCUT2D eigenvalue weighted by Crippen LogP contribution is 2.24. The average molecular weight is 222 g/mol. The second-order valence-corrected chi connectivity index (χ2v) is 3.73. The number of nitrogen functional groups attached to an aromatic ring is 1. The van der Waals surface area contributed by atoms with Gasteiger partial charge in [-0.1, -0.05) is 19.9 Å². The molecule has 0 heterocycles. The third kappa shape index (κ3) is 2.66. The number of phenols is 1. The van der Waals surface area contributed by atoms with Gasteiger partial charge < -0.3 is 16.2 Å². The van der Waals surface area contributed by atoms with E-state index in [9.17, 15) is 9.90 Å². The first kappa shape index (κ1) is 12.4. The van der Waals surface area contributed by atoms with Crippen LogP contribution in [-0.2, 0) is 0 Å². The molecule has 0 spiro atoms. The molecule has 0 saturated carbocycles. The highest BCUT2D eigenvalue weighted by atomic mass is 16.3. The maximum Gasteiger partial charge on any atom is 0.255 e. The first-order valence-electron chi connectivity index (χ1n) is 5.48. The number of anilines is 1. The van der Waals surface area contributed by atoms with Gasteiger partial charge >= 0.3 is 0 Å². The molecule has 88 valence electrons. The lowest BCUT2D eigenvalue weighted by Gasteiger charge is -2.15. The van der Waals surface area contributed by atoms with Crippen molar-refractivity contribution >= 4 is 11.6 Å². The summed E-state index contributed by atoms with van der Waals surface area (Å²) in [7, 11) is 0. The summed E-state index contributed by atoms with van der Waals surface area (Å²) in [6.45, 7) is 4.02. The van der Waals surface area contributed by atoms with Crippen LogP contribution in [0.2, 0.25) is 0 Å². The SMILES string of the molecule is CCC(CC)NC(=O)c1cccc(N)c1O. The van der Waals surface area contributed by atoms with Crippen molar-refractivity contribution in [2.45, 2.75) is 32.7 Å². The molecule has 4 nitrogen and oxygen atoms in total. The van der Waals surface area contributed by atoms with Crippen molar-refractivity contribution in [1.82, 2.24) is 5.32 Å². The topological polar surface area (TPSA) is 75.4 Å². The zero-order chi connectivity index (χ0) is 12.1. The van der Waals surface area contributed by atoms with E-state index in [1.807, 2.05) is 13.8 Å². The molecule has 0 aliphatic rings. The number of amides is 1. The van der Waals surface area contributed by atoms with Crippen LogP contribution in [-0.4, -0.2) is 17.1 Å². The van der Waals surface area contributed by atoms with Crippen LogP contribution in [0.1, 0.15) is 37.0 Å². The molecule has 0 radical (unpaired) electrons. The number of para-hydroxylation sites is 1. The minimum Gasteiger partial charge on any atom is -0.505 e. The maximum absolute atomic E-state index is 11.8. The highest BCUT2D eigenvalue weighted by molar-refractivity contribution is 5.98. The van der Waals surface area contributed by atoms with Gasteiger partial charge in [0.15, 0.2) is 5.75 Å². The molecule has 1 aromatic rings. The largest absolute Gasteiger partial charge is 0.505 e. The lowest BCUT2D eigenvalue weighted by Crippen LogP contribution is -2.33. The summed E-state index contributed by atoms with van der Waals surface area (Å²) >= 11 is 0. The predicted molar refractivity (Wildman–Crippen MR) is 64.4 cm³/mol. The number of rotatable bonds is 4. The Morgan fingerprint density at radius 2 is 2.06 bits per heavy atom. The Hall–Kier alpha value is -1.71. The third-order valence-corrected chi connectivity index (χ3v) is 2.63. The highest BCUT2D eigenvalue weighted by Gasteiger charge is 2.15. The Morgan fingerprint density at radius 1 is 1.44 bits per heavy atom. The summed E-state index contributed by atoms with van der Waals surface area (Å²) in [4.78, 5) is 11.8. The number of hydrogen-bond donors (Lipinski definition) is 3. The van der Waals surface area contributed by atoms with Crippen LogP contribution in [0.4, 0.5) is 5.69 Å². The molecule has 0 atom stereocenters. The standard InChI is InChI=1S/C12H18N2O2/c1-3-8(4-2)14-12(16)9-6-5-7-10(13)11(9)15/h5-8,15H,3-4,13H2,1-2H3,(H,14,16). The van der Waals surface area contributed by atoms with Crippen LogP contribution in [0.15, 0.2) is 18.2 Å². The summed E-state index contributed by atoms with van der Waals surface area (Å²) in [6.07, 6.45) is 1.73. The number of nitrogens with two attached hydrogens (primary N) is 1. The molecule has 0 aliphatic heterocycles. The third-order valence-electron chi connectivity index (χ3n) is 2.63. The molecule has 0 aromatic heterocycles. The molecule has 1 aromatic carbocycles. The van der Waals surface area contributed by atoms with Gasteiger partial charge in [-0.3, -0.25) is 4.79 Å². The lowest BCUT2D eigenvalue weighted by atomic mass is 10.1. The molecule has 16 heavy (non-hydrogen) atoms. The van der Waals surface area contributed by atoms with E-state index in [1.165, 1.54) is 0 Å².